The van der Waals surface area contributed by atoms with Crippen LogP contribution in [0, 0.1) is 24.7 Å². The van der Waals surface area contributed by atoms with Crippen LogP contribution in [0.2, 0.25) is 0 Å². The van der Waals surface area contributed by atoms with Crippen LogP contribution in [-0.2, 0) is 4.79 Å². The fourth-order valence-electron chi connectivity index (χ4n) is 6.50. The molecule has 0 spiro atoms. The van der Waals surface area contributed by atoms with Crippen molar-refractivity contribution in [2.24, 2.45) is 17.8 Å². The van der Waals surface area contributed by atoms with Crippen LogP contribution in [0.1, 0.15) is 63.5 Å². The third-order valence-electron chi connectivity index (χ3n) is 7.35. The Morgan fingerprint density at radius 2 is 1.75 bits per heavy atom. The summed E-state index contributed by atoms with van der Waals surface area (Å²) in [5.41, 5.74) is 0.404. The molecule has 0 aliphatic heterocycles. The number of nitrogens with one attached hydrogen (secondary N) is 2. The zero-order valence-electron chi connectivity index (χ0n) is 16.5. The molecular weight excluding hydrogens is 354 g/mol. The first-order valence-electron chi connectivity index (χ1n) is 10.7. The third-order valence-corrected chi connectivity index (χ3v) is 7.35. The SMILES string of the molecule is Cc1cccc(OC(=O)NC23CC4CC(C2)CC(NC(=O)C2CCC2)(C4)C3)n1. The van der Waals surface area contributed by atoms with E-state index in [0.717, 1.165) is 50.6 Å². The number of hydrogen-bond acceptors (Lipinski definition) is 4. The molecule has 6 nitrogen and oxygen atoms in total. The first kappa shape index (κ1) is 18.0. The number of carbonyl (C=O) groups excluding carboxylic acids is 2. The van der Waals surface area contributed by atoms with Gasteiger partial charge in [0, 0.05) is 28.8 Å². The Hall–Kier alpha value is -2.11. The van der Waals surface area contributed by atoms with Gasteiger partial charge in [0.1, 0.15) is 0 Å². The number of aromatic nitrogens is 1. The van der Waals surface area contributed by atoms with Crippen LogP contribution >= 0.6 is 0 Å². The van der Waals surface area contributed by atoms with Crippen LogP contribution in [0.15, 0.2) is 18.2 Å². The molecule has 6 heteroatoms. The largest absolute Gasteiger partial charge is 0.414 e. The summed E-state index contributed by atoms with van der Waals surface area (Å²) >= 11 is 0. The van der Waals surface area contributed by atoms with Gasteiger partial charge < -0.3 is 15.4 Å². The molecule has 6 rings (SSSR count). The molecule has 0 radical (unpaired) electrons. The third kappa shape index (κ3) is 3.27. The van der Waals surface area contributed by atoms with Crippen molar-refractivity contribution < 1.29 is 14.3 Å². The van der Waals surface area contributed by atoms with Crippen molar-refractivity contribution in [1.29, 1.82) is 0 Å². The number of hydrogen-bond donors (Lipinski definition) is 2. The summed E-state index contributed by atoms with van der Waals surface area (Å²) in [6, 6.07) is 5.41. The number of nitrogens with zero attached hydrogens (tertiary/aromatic N) is 1. The summed E-state index contributed by atoms with van der Waals surface area (Å²) in [5, 5.41) is 6.63. The molecular formula is C22H29N3O3. The highest BCUT2D eigenvalue weighted by Gasteiger charge is 2.59. The van der Waals surface area contributed by atoms with Crippen LogP contribution in [0.5, 0.6) is 5.88 Å². The summed E-state index contributed by atoms with van der Waals surface area (Å²) in [6.45, 7) is 1.87. The Kier molecular flexibility index (Phi) is 4.14. The number of ether oxygens (including phenoxy) is 1. The molecule has 0 saturated heterocycles. The molecule has 5 fully saturated rings. The molecule has 28 heavy (non-hydrogen) atoms. The zero-order chi connectivity index (χ0) is 19.4. The Bertz CT molecular complexity index is 790. The predicted molar refractivity (Wildman–Crippen MR) is 104 cm³/mol. The summed E-state index contributed by atoms with van der Waals surface area (Å²) in [5.74, 6) is 1.90. The predicted octanol–water partition coefficient (Wildman–Crippen LogP) is 3.49. The molecule has 1 aromatic rings. The number of amides is 2. The van der Waals surface area contributed by atoms with Gasteiger partial charge in [-0.05, 0) is 76.2 Å². The Balaban J connectivity index is 1.30. The quantitative estimate of drug-likeness (QED) is 0.834. The maximum atomic E-state index is 12.7. The summed E-state index contributed by atoms with van der Waals surface area (Å²) in [7, 11) is 0. The van der Waals surface area contributed by atoms with Crippen molar-refractivity contribution >= 4 is 12.0 Å². The number of carbonyl (C=O) groups is 2. The molecule has 2 atom stereocenters. The lowest BCUT2D eigenvalue weighted by Crippen LogP contribution is -2.70. The van der Waals surface area contributed by atoms with Crippen molar-refractivity contribution in [3.05, 3.63) is 23.9 Å². The van der Waals surface area contributed by atoms with Gasteiger partial charge in [0.15, 0.2) is 0 Å². The first-order chi connectivity index (χ1) is 13.4. The van der Waals surface area contributed by atoms with Crippen LogP contribution < -0.4 is 15.4 Å². The molecule has 2 amide bonds. The topological polar surface area (TPSA) is 80.3 Å². The average molecular weight is 383 g/mol. The van der Waals surface area contributed by atoms with Crippen LogP contribution in [0.3, 0.4) is 0 Å². The first-order valence-corrected chi connectivity index (χ1v) is 10.7. The lowest BCUT2D eigenvalue weighted by atomic mass is 9.49. The standard InChI is InChI=1S/C22H29N3O3/c1-14-4-2-7-18(23-14)28-20(27)25-22-11-15-8-16(12-22)10-21(9-15,13-22)24-19(26)17-5-3-6-17/h2,4,7,15-17H,3,5-6,8-13H2,1H3,(H,24,26)(H,25,27). The molecule has 2 unspecified atom stereocenters. The smallest absolute Gasteiger partial charge is 0.391 e. The summed E-state index contributed by atoms with van der Waals surface area (Å²) in [4.78, 5) is 29.6. The van der Waals surface area contributed by atoms with E-state index in [0.29, 0.717) is 17.7 Å². The van der Waals surface area contributed by atoms with Gasteiger partial charge in [-0.3, -0.25) is 4.79 Å². The monoisotopic (exact) mass is 383 g/mol. The van der Waals surface area contributed by atoms with E-state index < -0.39 is 6.09 Å². The second kappa shape index (κ2) is 6.46. The minimum absolute atomic E-state index is 0.147. The van der Waals surface area contributed by atoms with Gasteiger partial charge in [-0.1, -0.05) is 12.5 Å². The lowest BCUT2D eigenvalue weighted by Gasteiger charge is -2.62. The molecule has 1 aromatic heterocycles. The van der Waals surface area contributed by atoms with E-state index in [1.54, 1.807) is 6.07 Å². The average Bonchev–Trinajstić information content (AvgIpc) is 2.50. The second-order valence-electron chi connectivity index (χ2n) is 9.77. The molecule has 5 aliphatic carbocycles. The van der Waals surface area contributed by atoms with Crippen LogP contribution in [0.25, 0.3) is 0 Å². The molecule has 1 heterocycles. The van der Waals surface area contributed by atoms with Gasteiger partial charge in [-0.25, -0.2) is 9.78 Å². The molecule has 0 aromatic carbocycles. The highest BCUT2D eigenvalue weighted by Crippen LogP contribution is 2.57. The molecule has 5 saturated carbocycles. The van der Waals surface area contributed by atoms with E-state index >= 15 is 0 Å². The Morgan fingerprint density at radius 1 is 1.07 bits per heavy atom. The van der Waals surface area contributed by atoms with E-state index in [-0.39, 0.29) is 22.9 Å². The molecule has 2 N–H and O–H groups in total. The molecule has 4 bridgehead atoms. The van der Waals surface area contributed by atoms with Crippen LogP contribution in [-0.4, -0.2) is 28.1 Å². The highest BCUT2D eigenvalue weighted by atomic mass is 16.6. The number of pyridine rings is 1. The van der Waals surface area contributed by atoms with Crippen molar-refractivity contribution in [2.75, 3.05) is 0 Å². The number of aryl methyl sites for hydroxylation is 1. The number of rotatable bonds is 4. The van der Waals surface area contributed by atoms with Crippen LogP contribution in [0.4, 0.5) is 4.79 Å². The van der Waals surface area contributed by atoms with Crippen molar-refractivity contribution in [3.8, 4) is 5.88 Å². The molecule has 5 aliphatic rings. The summed E-state index contributed by atoms with van der Waals surface area (Å²) < 4.78 is 5.46. The fourth-order valence-corrected chi connectivity index (χ4v) is 6.50. The Labute approximate surface area is 165 Å². The Morgan fingerprint density at radius 3 is 2.36 bits per heavy atom. The van der Waals surface area contributed by atoms with E-state index in [1.165, 1.54) is 12.8 Å². The normalized spacial score (nSPS) is 35.9. The van der Waals surface area contributed by atoms with E-state index in [2.05, 4.69) is 15.6 Å². The van der Waals surface area contributed by atoms with E-state index in [1.807, 2.05) is 19.1 Å². The fraction of sp³-hybridized carbons (Fsp3) is 0.682. The van der Waals surface area contributed by atoms with Crippen molar-refractivity contribution in [2.45, 2.75) is 75.8 Å². The lowest BCUT2D eigenvalue weighted by molar-refractivity contribution is -0.134. The van der Waals surface area contributed by atoms with E-state index in [9.17, 15) is 9.59 Å². The zero-order valence-corrected chi connectivity index (χ0v) is 16.5. The van der Waals surface area contributed by atoms with Gasteiger partial charge in [0.2, 0.25) is 11.8 Å². The van der Waals surface area contributed by atoms with Gasteiger partial charge in [-0.15, -0.1) is 0 Å². The van der Waals surface area contributed by atoms with Gasteiger partial charge in [0.25, 0.3) is 0 Å². The minimum Gasteiger partial charge on any atom is -0.391 e. The highest BCUT2D eigenvalue weighted by molar-refractivity contribution is 5.80. The van der Waals surface area contributed by atoms with Crippen molar-refractivity contribution in [1.82, 2.24) is 15.6 Å². The second-order valence-corrected chi connectivity index (χ2v) is 9.77. The van der Waals surface area contributed by atoms with Gasteiger partial charge in [0.05, 0.1) is 0 Å². The van der Waals surface area contributed by atoms with Crippen molar-refractivity contribution in [3.63, 3.8) is 0 Å². The maximum Gasteiger partial charge on any atom is 0.414 e. The van der Waals surface area contributed by atoms with Gasteiger partial charge in [-0.2, -0.15) is 0 Å². The van der Waals surface area contributed by atoms with Gasteiger partial charge >= 0.3 is 6.09 Å². The summed E-state index contributed by atoms with van der Waals surface area (Å²) in [6.07, 6.45) is 8.91. The maximum absolute atomic E-state index is 12.7. The molecule has 150 valence electrons. The minimum atomic E-state index is -0.430. The van der Waals surface area contributed by atoms with E-state index in [4.69, 9.17) is 4.74 Å².